The first-order chi connectivity index (χ1) is 11.2. The Morgan fingerprint density at radius 1 is 1.48 bits per heavy atom. The van der Waals surface area contributed by atoms with E-state index in [-0.39, 0.29) is 5.82 Å². The number of nitrogens with one attached hydrogen (secondary N) is 1. The summed E-state index contributed by atoms with van der Waals surface area (Å²) in [4.78, 5) is 4.05. The molecule has 0 radical (unpaired) electrons. The van der Waals surface area contributed by atoms with Crippen LogP contribution in [0.25, 0.3) is 11.1 Å². The molecule has 0 spiro atoms. The van der Waals surface area contributed by atoms with Crippen molar-refractivity contribution in [1.29, 1.82) is 5.26 Å². The fraction of sp³-hybridized carbons (Fsp3) is 0.200. The van der Waals surface area contributed by atoms with Crippen LogP contribution in [-0.4, -0.2) is 19.1 Å². The summed E-state index contributed by atoms with van der Waals surface area (Å²) < 4.78 is 20.4. The Kier molecular flexibility index (Phi) is 4.30. The fourth-order valence-electron chi connectivity index (χ4n) is 2.08. The predicted molar refractivity (Wildman–Crippen MR) is 85.8 cm³/mol. The van der Waals surface area contributed by atoms with E-state index in [4.69, 9.17) is 5.26 Å². The molecule has 0 aliphatic rings. The van der Waals surface area contributed by atoms with E-state index in [0.29, 0.717) is 24.1 Å². The summed E-state index contributed by atoms with van der Waals surface area (Å²) in [5.41, 5.74) is 1.92. The van der Waals surface area contributed by atoms with Gasteiger partial charge in [0, 0.05) is 23.5 Å². The molecular formula is C15H13FN6S. The molecule has 1 N–H and O–H groups in total. The fourth-order valence-corrected chi connectivity index (χ4v) is 2.74. The van der Waals surface area contributed by atoms with Crippen molar-refractivity contribution in [3.63, 3.8) is 0 Å². The van der Waals surface area contributed by atoms with Crippen molar-refractivity contribution in [3.05, 3.63) is 42.2 Å². The van der Waals surface area contributed by atoms with Crippen molar-refractivity contribution in [3.8, 4) is 17.2 Å². The van der Waals surface area contributed by atoms with Crippen LogP contribution in [-0.2, 0) is 6.54 Å². The third kappa shape index (κ3) is 3.35. The predicted octanol–water partition coefficient (Wildman–Crippen LogP) is 3.51. The van der Waals surface area contributed by atoms with Crippen molar-refractivity contribution in [1.82, 2.24) is 19.1 Å². The molecule has 0 bridgehead atoms. The number of aromatic nitrogens is 4. The third-order valence-electron chi connectivity index (χ3n) is 3.16. The van der Waals surface area contributed by atoms with Crippen molar-refractivity contribution in [2.75, 3.05) is 5.32 Å². The monoisotopic (exact) mass is 328 g/mol. The molecule has 0 aromatic carbocycles. The number of hydrogen-bond donors (Lipinski definition) is 1. The molecule has 23 heavy (non-hydrogen) atoms. The van der Waals surface area contributed by atoms with Gasteiger partial charge in [0.15, 0.2) is 11.6 Å². The Balaban J connectivity index is 1.87. The summed E-state index contributed by atoms with van der Waals surface area (Å²) >= 11 is 1.25. The van der Waals surface area contributed by atoms with Gasteiger partial charge in [0.2, 0.25) is 0 Å². The van der Waals surface area contributed by atoms with Gasteiger partial charge in [-0.2, -0.15) is 14.7 Å². The SMILES string of the molecule is Cc1cc(Nc2nccc(-c3cnn(CCC#N)c3)c2F)sn1. The number of hydrogen-bond acceptors (Lipinski definition) is 6. The van der Waals surface area contributed by atoms with Crippen LogP contribution in [0.5, 0.6) is 0 Å². The van der Waals surface area contributed by atoms with E-state index in [1.165, 1.54) is 11.5 Å². The Hall–Kier alpha value is -2.79. The van der Waals surface area contributed by atoms with Gasteiger partial charge in [-0.3, -0.25) is 4.68 Å². The van der Waals surface area contributed by atoms with Crippen LogP contribution >= 0.6 is 11.5 Å². The molecule has 0 saturated carbocycles. The minimum atomic E-state index is -0.446. The van der Waals surface area contributed by atoms with Crippen LogP contribution < -0.4 is 5.32 Å². The molecule has 0 aliphatic carbocycles. The highest BCUT2D eigenvalue weighted by atomic mass is 32.1. The second-order valence-electron chi connectivity index (χ2n) is 4.88. The Bertz CT molecular complexity index is 863. The van der Waals surface area contributed by atoms with E-state index in [9.17, 15) is 4.39 Å². The molecule has 0 fully saturated rings. The maximum absolute atomic E-state index is 14.7. The molecule has 3 heterocycles. The molecule has 3 rings (SSSR count). The minimum absolute atomic E-state index is 0.149. The number of pyridine rings is 1. The number of rotatable bonds is 5. The standard InChI is InChI=1S/C15H13FN6S/c1-10-7-13(23-21-10)20-15-14(16)12(3-5-18-15)11-8-19-22(9-11)6-2-4-17/h3,5,7-9H,2,6H2,1H3,(H,18,20). The zero-order valence-corrected chi connectivity index (χ0v) is 13.1. The second-order valence-corrected chi connectivity index (χ2v) is 5.68. The first kappa shape index (κ1) is 15.1. The molecular weight excluding hydrogens is 315 g/mol. The van der Waals surface area contributed by atoms with Crippen molar-refractivity contribution in [2.45, 2.75) is 19.9 Å². The number of halogens is 1. The Morgan fingerprint density at radius 2 is 2.35 bits per heavy atom. The van der Waals surface area contributed by atoms with E-state index >= 15 is 0 Å². The summed E-state index contributed by atoms with van der Waals surface area (Å²) in [7, 11) is 0. The van der Waals surface area contributed by atoms with Gasteiger partial charge in [0.1, 0.15) is 5.00 Å². The minimum Gasteiger partial charge on any atom is -0.328 e. The lowest BCUT2D eigenvalue weighted by Gasteiger charge is -2.06. The molecule has 3 aromatic heterocycles. The van der Waals surface area contributed by atoms with Gasteiger partial charge in [-0.25, -0.2) is 9.37 Å². The normalized spacial score (nSPS) is 10.5. The molecule has 8 heteroatoms. The first-order valence-corrected chi connectivity index (χ1v) is 7.69. The van der Waals surface area contributed by atoms with E-state index in [2.05, 4.69) is 25.8 Å². The van der Waals surface area contributed by atoms with Crippen LogP contribution in [0.15, 0.2) is 30.7 Å². The smallest absolute Gasteiger partial charge is 0.173 e. The van der Waals surface area contributed by atoms with Gasteiger partial charge in [0.25, 0.3) is 0 Å². The molecule has 6 nitrogen and oxygen atoms in total. The van der Waals surface area contributed by atoms with Gasteiger partial charge in [-0.15, -0.1) is 0 Å². The number of nitriles is 1. The molecule has 116 valence electrons. The third-order valence-corrected chi connectivity index (χ3v) is 3.95. The van der Waals surface area contributed by atoms with Gasteiger partial charge in [0.05, 0.1) is 30.9 Å². The topological polar surface area (TPSA) is 79.4 Å². The molecule has 3 aromatic rings. The number of aryl methyl sites for hydroxylation is 2. The lowest BCUT2D eigenvalue weighted by Crippen LogP contribution is -1.98. The summed E-state index contributed by atoms with van der Waals surface area (Å²) in [6, 6.07) is 5.49. The number of nitrogens with zero attached hydrogens (tertiary/aromatic N) is 5. The van der Waals surface area contributed by atoms with Crippen molar-refractivity contribution in [2.24, 2.45) is 0 Å². The van der Waals surface area contributed by atoms with Crippen molar-refractivity contribution >= 4 is 22.4 Å². The second kappa shape index (κ2) is 6.54. The van der Waals surface area contributed by atoms with Crippen LogP contribution in [0.3, 0.4) is 0 Å². The lowest BCUT2D eigenvalue weighted by molar-refractivity contribution is 0.626. The van der Waals surface area contributed by atoms with Crippen LogP contribution in [0.2, 0.25) is 0 Å². The molecule has 0 amide bonds. The van der Waals surface area contributed by atoms with Gasteiger partial charge in [-0.05, 0) is 30.6 Å². The number of anilines is 2. The largest absolute Gasteiger partial charge is 0.328 e. The molecule has 0 atom stereocenters. The van der Waals surface area contributed by atoms with Gasteiger partial charge in [-0.1, -0.05) is 0 Å². The zero-order valence-electron chi connectivity index (χ0n) is 12.3. The van der Waals surface area contributed by atoms with E-state index < -0.39 is 5.82 Å². The van der Waals surface area contributed by atoms with Crippen LogP contribution in [0.1, 0.15) is 12.1 Å². The van der Waals surface area contributed by atoms with E-state index in [1.54, 1.807) is 29.3 Å². The maximum Gasteiger partial charge on any atom is 0.173 e. The highest BCUT2D eigenvalue weighted by molar-refractivity contribution is 7.10. The first-order valence-electron chi connectivity index (χ1n) is 6.92. The molecule has 0 aliphatic heterocycles. The Labute approximate surface area is 136 Å². The van der Waals surface area contributed by atoms with E-state index in [1.807, 2.05) is 13.0 Å². The highest BCUT2D eigenvalue weighted by Gasteiger charge is 2.14. The summed E-state index contributed by atoms with van der Waals surface area (Å²) in [5, 5.41) is 16.4. The van der Waals surface area contributed by atoms with Gasteiger partial charge >= 0.3 is 0 Å². The van der Waals surface area contributed by atoms with Crippen molar-refractivity contribution < 1.29 is 4.39 Å². The summed E-state index contributed by atoms with van der Waals surface area (Å²) in [6.07, 6.45) is 5.20. The average molecular weight is 328 g/mol. The zero-order chi connectivity index (χ0) is 16.2. The maximum atomic E-state index is 14.7. The molecule has 0 saturated heterocycles. The Morgan fingerprint density at radius 3 is 3.09 bits per heavy atom. The van der Waals surface area contributed by atoms with E-state index in [0.717, 1.165) is 10.7 Å². The average Bonchev–Trinajstić information content (AvgIpc) is 3.16. The van der Waals surface area contributed by atoms with Crippen LogP contribution in [0, 0.1) is 24.1 Å². The quantitative estimate of drug-likeness (QED) is 0.775. The summed E-state index contributed by atoms with van der Waals surface area (Å²) in [6.45, 7) is 2.35. The summed E-state index contributed by atoms with van der Waals surface area (Å²) in [5.74, 6) is -0.297. The van der Waals surface area contributed by atoms with Gasteiger partial charge < -0.3 is 5.32 Å². The highest BCUT2D eigenvalue weighted by Crippen LogP contribution is 2.28. The molecule has 0 unspecified atom stereocenters. The lowest BCUT2D eigenvalue weighted by atomic mass is 10.1. The van der Waals surface area contributed by atoms with Crippen LogP contribution in [0.4, 0.5) is 15.2 Å².